The first-order valence-electron chi connectivity index (χ1n) is 6.12. The van der Waals surface area contributed by atoms with Crippen molar-refractivity contribution in [3.05, 3.63) is 65.5 Å². The summed E-state index contributed by atoms with van der Waals surface area (Å²) >= 11 is 0. The molecule has 0 aliphatic rings. The Labute approximate surface area is 111 Å². The zero-order chi connectivity index (χ0) is 13.7. The summed E-state index contributed by atoms with van der Waals surface area (Å²) in [6.07, 6.45) is 0.658. The Balaban J connectivity index is 2.05. The Hall–Kier alpha value is -2.16. The second-order valence-electron chi connectivity index (χ2n) is 4.22. The van der Waals surface area contributed by atoms with Crippen LogP contribution in [-0.2, 0) is 6.42 Å². The monoisotopic (exact) mass is 258 g/mol. The van der Waals surface area contributed by atoms with E-state index in [0.717, 1.165) is 0 Å². The Kier molecular flexibility index (Phi) is 4.29. The van der Waals surface area contributed by atoms with Gasteiger partial charge < -0.3 is 4.74 Å². The lowest BCUT2D eigenvalue weighted by Crippen LogP contribution is -2.02. The average molecular weight is 258 g/mol. The topological polar surface area (TPSA) is 26.3 Å². The molecule has 2 rings (SSSR count). The van der Waals surface area contributed by atoms with Crippen molar-refractivity contribution in [3.63, 3.8) is 0 Å². The van der Waals surface area contributed by atoms with Gasteiger partial charge in [0.2, 0.25) is 0 Å². The quantitative estimate of drug-likeness (QED) is 0.765. The second kappa shape index (κ2) is 6.14. The van der Waals surface area contributed by atoms with Crippen LogP contribution in [0.2, 0.25) is 0 Å². The summed E-state index contributed by atoms with van der Waals surface area (Å²) in [5.41, 5.74) is 1.16. The van der Waals surface area contributed by atoms with Gasteiger partial charge in [-0.3, -0.25) is 4.79 Å². The maximum Gasteiger partial charge on any atom is 0.168 e. The lowest BCUT2D eigenvalue weighted by Gasteiger charge is -2.07. The molecule has 2 aromatic carbocycles. The van der Waals surface area contributed by atoms with Gasteiger partial charge in [0.15, 0.2) is 17.3 Å². The van der Waals surface area contributed by atoms with E-state index >= 15 is 0 Å². The first-order chi connectivity index (χ1) is 9.22. The van der Waals surface area contributed by atoms with Gasteiger partial charge in [0.25, 0.3) is 0 Å². The molecule has 19 heavy (non-hydrogen) atoms. The molecule has 0 aliphatic heterocycles. The van der Waals surface area contributed by atoms with Crippen LogP contribution in [-0.4, -0.2) is 12.9 Å². The van der Waals surface area contributed by atoms with E-state index in [-0.39, 0.29) is 23.8 Å². The lowest BCUT2D eigenvalue weighted by molar-refractivity contribution is 0.0982. The summed E-state index contributed by atoms with van der Waals surface area (Å²) in [4.78, 5) is 11.9. The van der Waals surface area contributed by atoms with Crippen molar-refractivity contribution in [2.75, 3.05) is 7.11 Å². The summed E-state index contributed by atoms with van der Waals surface area (Å²) in [7, 11) is 1.43. The van der Waals surface area contributed by atoms with Gasteiger partial charge in [0.1, 0.15) is 0 Å². The Morgan fingerprint density at radius 3 is 2.53 bits per heavy atom. The molecule has 0 amide bonds. The molecule has 0 bridgehead atoms. The highest BCUT2D eigenvalue weighted by Crippen LogP contribution is 2.21. The number of carbonyl (C=O) groups excluding carboxylic acids is 1. The fourth-order valence-electron chi connectivity index (χ4n) is 1.92. The van der Waals surface area contributed by atoms with E-state index in [4.69, 9.17) is 4.74 Å². The summed E-state index contributed by atoms with van der Waals surface area (Å²) < 4.78 is 18.8. The number of ether oxygens (including phenoxy) is 1. The maximum absolute atomic E-state index is 13.9. The van der Waals surface area contributed by atoms with E-state index in [0.29, 0.717) is 17.5 Å². The van der Waals surface area contributed by atoms with E-state index in [1.807, 2.05) is 18.2 Å². The molecule has 0 aromatic heterocycles. The third-order valence-corrected chi connectivity index (χ3v) is 2.98. The first kappa shape index (κ1) is 13.3. The smallest absolute Gasteiger partial charge is 0.168 e. The summed E-state index contributed by atoms with van der Waals surface area (Å²) in [6, 6.07) is 14.0. The third-order valence-electron chi connectivity index (χ3n) is 2.98. The molecule has 0 radical (unpaired) electrons. The number of carbonyl (C=O) groups is 1. The van der Waals surface area contributed by atoms with Crippen molar-refractivity contribution in [1.82, 2.24) is 0 Å². The van der Waals surface area contributed by atoms with Gasteiger partial charge in [0.05, 0.1) is 7.11 Å². The van der Waals surface area contributed by atoms with Gasteiger partial charge in [-0.1, -0.05) is 42.5 Å². The van der Waals surface area contributed by atoms with Crippen LogP contribution in [0.3, 0.4) is 0 Å². The predicted octanol–water partition coefficient (Wildman–Crippen LogP) is 3.65. The SMILES string of the molecule is COc1cccc(CCC(=O)c2ccccc2)c1F. The van der Waals surface area contributed by atoms with Crippen LogP contribution in [0.5, 0.6) is 5.75 Å². The zero-order valence-corrected chi connectivity index (χ0v) is 10.7. The van der Waals surface area contributed by atoms with Crippen LogP contribution in [0.4, 0.5) is 4.39 Å². The molecule has 0 atom stereocenters. The minimum atomic E-state index is -0.383. The third kappa shape index (κ3) is 3.19. The molecule has 0 aliphatic carbocycles. The van der Waals surface area contributed by atoms with Crippen LogP contribution < -0.4 is 4.74 Å². The van der Waals surface area contributed by atoms with Crippen LogP contribution in [0.15, 0.2) is 48.5 Å². The Bertz CT molecular complexity index is 564. The van der Waals surface area contributed by atoms with Crippen molar-refractivity contribution in [1.29, 1.82) is 0 Å². The van der Waals surface area contributed by atoms with Gasteiger partial charge in [-0.25, -0.2) is 4.39 Å². The Morgan fingerprint density at radius 1 is 1.11 bits per heavy atom. The van der Waals surface area contributed by atoms with Crippen molar-refractivity contribution in [2.45, 2.75) is 12.8 Å². The molecule has 0 saturated heterocycles. The van der Waals surface area contributed by atoms with E-state index < -0.39 is 0 Å². The highest BCUT2D eigenvalue weighted by atomic mass is 19.1. The number of ketones is 1. The molecule has 0 heterocycles. The second-order valence-corrected chi connectivity index (χ2v) is 4.22. The number of aryl methyl sites for hydroxylation is 1. The maximum atomic E-state index is 13.9. The average Bonchev–Trinajstić information content (AvgIpc) is 2.47. The van der Waals surface area contributed by atoms with E-state index in [1.165, 1.54) is 7.11 Å². The zero-order valence-electron chi connectivity index (χ0n) is 10.7. The molecule has 0 unspecified atom stereocenters. The lowest BCUT2D eigenvalue weighted by atomic mass is 10.0. The number of rotatable bonds is 5. The van der Waals surface area contributed by atoms with Crippen molar-refractivity contribution in [3.8, 4) is 5.75 Å². The molecule has 0 saturated carbocycles. The van der Waals surface area contributed by atoms with E-state index in [2.05, 4.69) is 0 Å². The predicted molar refractivity (Wildman–Crippen MR) is 72.0 cm³/mol. The minimum absolute atomic E-state index is 0.0165. The standard InChI is InChI=1S/C16H15FO2/c1-19-15-9-5-8-13(16(15)17)10-11-14(18)12-6-3-2-4-7-12/h2-9H,10-11H2,1H3. The number of halogens is 1. The molecule has 0 fully saturated rings. The molecule has 0 spiro atoms. The first-order valence-corrected chi connectivity index (χ1v) is 6.12. The molecule has 98 valence electrons. The molecule has 2 nitrogen and oxygen atoms in total. The van der Waals surface area contributed by atoms with Crippen LogP contribution in [0, 0.1) is 5.82 Å². The molecule has 2 aromatic rings. The molecular formula is C16H15FO2. The fourth-order valence-corrected chi connectivity index (χ4v) is 1.92. The van der Waals surface area contributed by atoms with Crippen molar-refractivity contribution < 1.29 is 13.9 Å². The number of benzene rings is 2. The highest BCUT2D eigenvalue weighted by molar-refractivity contribution is 5.96. The summed E-state index contributed by atoms with van der Waals surface area (Å²) in [6.45, 7) is 0. The summed E-state index contributed by atoms with van der Waals surface area (Å²) in [5.74, 6) is -0.154. The normalized spacial score (nSPS) is 10.2. The highest BCUT2D eigenvalue weighted by Gasteiger charge is 2.11. The van der Waals surface area contributed by atoms with Gasteiger partial charge >= 0.3 is 0 Å². The van der Waals surface area contributed by atoms with Crippen LogP contribution in [0.25, 0.3) is 0 Å². The van der Waals surface area contributed by atoms with Crippen molar-refractivity contribution >= 4 is 5.78 Å². The van der Waals surface area contributed by atoms with E-state index in [9.17, 15) is 9.18 Å². The molecule has 0 N–H and O–H groups in total. The summed E-state index contributed by atoms with van der Waals surface area (Å²) in [5, 5.41) is 0. The number of hydrogen-bond donors (Lipinski definition) is 0. The Morgan fingerprint density at radius 2 is 1.84 bits per heavy atom. The van der Waals surface area contributed by atoms with Gasteiger partial charge in [0, 0.05) is 12.0 Å². The largest absolute Gasteiger partial charge is 0.494 e. The number of methoxy groups -OCH3 is 1. The van der Waals surface area contributed by atoms with Crippen LogP contribution >= 0.6 is 0 Å². The van der Waals surface area contributed by atoms with Gasteiger partial charge in [-0.15, -0.1) is 0 Å². The van der Waals surface area contributed by atoms with Gasteiger partial charge in [-0.2, -0.15) is 0 Å². The number of hydrogen-bond acceptors (Lipinski definition) is 2. The van der Waals surface area contributed by atoms with Crippen LogP contribution in [0.1, 0.15) is 22.3 Å². The number of Topliss-reactive ketones (excluding diaryl/α,β-unsaturated/α-hetero) is 1. The molecule has 3 heteroatoms. The molecular weight excluding hydrogens is 243 g/mol. The fraction of sp³-hybridized carbons (Fsp3) is 0.188. The van der Waals surface area contributed by atoms with E-state index in [1.54, 1.807) is 30.3 Å². The van der Waals surface area contributed by atoms with Gasteiger partial charge in [-0.05, 0) is 18.1 Å². The minimum Gasteiger partial charge on any atom is -0.494 e. The van der Waals surface area contributed by atoms with Crippen molar-refractivity contribution in [2.24, 2.45) is 0 Å².